The van der Waals surface area contributed by atoms with Crippen LogP contribution in [0.5, 0.6) is 0 Å². The van der Waals surface area contributed by atoms with Gasteiger partial charge in [-0.1, -0.05) is 33.1 Å². The largest absolute Gasteiger partial charge is 0.416 e. The minimum absolute atomic E-state index is 0.218. The molecule has 0 fully saturated rings. The number of hydrogen-bond acceptors (Lipinski definition) is 2. The Morgan fingerprint density at radius 1 is 1.25 bits per heavy atom. The summed E-state index contributed by atoms with van der Waals surface area (Å²) in [4.78, 5) is 0.743. The standard InChI is InChI=1S/C15H22F3NS/c1-3-5-6-11(4-2)10-20-14-8-7-12(9-13(14)19)15(16,17)18/h7-9,11H,3-6,10,19H2,1-2H3. The van der Waals surface area contributed by atoms with Gasteiger partial charge in [0.25, 0.3) is 0 Å². The quantitative estimate of drug-likeness (QED) is 0.524. The van der Waals surface area contributed by atoms with E-state index in [1.807, 2.05) is 0 Å². The molecular weight excluding hydrogens is 283 g/mol. The molecule has 0 aliphatic heterocycles. The first-order valence-electron chi connectivity index (χ1n) is 6.98. The molecule has 0 aliphatic carbocycles. The zero-order valence-corrected chi connectivity index (χ0v) is 12.8. The average molecular weight is 305 g/mol. The Balaban J connectivity index is 2.64. The van der Waals surface area contributed by atoms with Crippen LogP contribution in [0.4, 0.5) is 18.9 Å². The highest BCUT2D eigenvalue weighted by atomic mass is 32.2. The van der Waals surface area contributed by atoms with Crippen LogP contribution < -0.4 is 5.73 Å². The Kier molecular flexibility index (Phi) is 6.72. The third-order valence-electron chi connectivity index (χ3n) is 3.35. The highest BCUT2D eigenvalue weighted by Gasteiger charge is 2.30. The number of anilines is 1. The molecule has 1 rings (SSSR count). The summed E-state index contributed by atoms with van der Waals surface area (Å²) in [5.41, 5.74) is 5.26. The van der Waals surface area contributed by atoms with Gasteiger partial charge in [-0.2, -0.15) is 13.2 Å². The van der Waals surface area contributed by atoms with E-state index in [1.54, 1.807) is 11.8 Å². The van der Waals surface area contributed by atoms with Crippen LogP contribution in [-0.4, -0.2) is 5.75 Å². The maximum absolute atomic E-state index is 12.5. The van der Waals surface area contributed by atoms with Crippen molar-refractivity contribution >= 4 is 17.4 Å². The number of nitrogens with two attached hydrogens (primary N) is 1. The molecule has 0 bridgehead atoms. The summed E-state index contributed by atoms with van der Waals surface area (Å²) in [7, 11) is 0. The monoisotopic (exact) mass is 305 g/mol. The molecular formula is C15H22F3NS. The first kappa shape index (κ1) is 17.2. The Hall–Kier alpha value is -0.840. The van der Waals surface area contributed by atoms with Crippen molar-refractivity contribution in [2.75, 3.05) is 11.5 Å². The lowest BCUT2D eigenvalue weighted by molar-refractivity contribution is -0.137. The molecule has 0 saturated heterocycles. The maximum atomic E-state index is 12.5. The Morgan fingerprint density at radius 2 is 1.95 bits per heavy atom. The number of benzene rings is 1. The molecule has 0 amide bonds. The van der Waals surface area contributed by atoms with Crippen molar-refractivity contribution in [3.8, 4) is 0 Å². The summed E-state index contributed by atoms with van der Waals surface area (Å²) in [5.74, 6) is 1.51. The second-order valence-electron chi connectivity index (χ2n) is 4.98. The molecule has 0 radical (unpaired) electrons. The summed E-state index contributed by atoms with van der Waals surface area (Å²) >= 11 is 1.56. The van der Waals surface area contributed by atoms with Crippen LogP contribution >= 0.6 is 11.8 Å². The smallest absolute Gasteiger partial charge is 0.398 e. The molecule has 0 saturated carbocycles. The summed E-state index contributed by atoms with van der Waals surface area (Å²) in [5, 5.41) is 0. The van der Waals surface area contributed by atoms with Crippen molar-refractivity contribution in [2.24, 2.45) is 5.92 Å². The fraction of sp³-hybridized carbons (Fsp3) is 0.600. The van der Waals surface area contributed by atoms with Crippen molar-refractivity contribution in [1.29, 1.82) is 0 Å². The van der Waals surface area contributed by atoms with Crippen LogP contribution in [0, 0.1) is 5.92 Å². The fourth-order valence-electron chi connectivity index (χ4n) is 1.96. The Labute approximate surface area is 123 Å². The van der Waals surface area contributed by atoms with E-state index in [9.17, 15) is 13.2 Å². The van der Waals surface area contributed by atoms with Gasteiger partial charge in [-0.25, -0.2) is 0 Å². The van der Waals surface area contributed by atoms with Crippen molar-refractivity contribution in [3.05, 3.63) is 23.8 Å². The van der Waals surface area contributed by atoms with Gasteiger partial charge in [-0.3, -0.25) is 0 Å². The normalized spacial score (nSPS) is 13.4. The average Bonchev–Trinajstić information content (AvgIpc) is 2.39. The van der Waals surface area contributed by atoms with E-state index in [-0.39, 0.29) is 5.69 Å². The van der Waals surface area contributed by atoms with Gasteiger partial charge in [-0.05, 0) is 30.5 Å². The molecule has 114 valence electrons. The van der Waals surface area contributed by atoms with Gasteiger partial charge >= 0.3 is 6.18 Å². The van der Waals surface area contributed by atoms with E-state index in [1.165, 1.54) is 25.3 Å². The first-order valence-corrected chi connectivity index (χ1v) is 7.96. The van der Waals surface area contributed by atoms with E-state index in [2.05, 4.69) is 13.8 Å². The van der Waals surface area contributed by atoms with E-state index >= 15 is 0 Å². The van der Waals surface area contributed by atoms with E-state index in [0.29, 0.717) is 5.92 Å². The van der Waals surface area contributed by atoms with E-state index in [4.69, 9.17) is 5.73 Å². The number of halogens is 3. The maximum Gasteiger partial charge on any atom is 0.416 e. The lowest BCUT2D eigenvalue weighted by atomic mass is 10.0. The predicted molar refractivity (Wildman–Crippen MR) is 79.9 cm³/mol. The molecule has 0 spiro atoms. The first-order chi connectivity index (χ1) is 9.38. The molecule has 0 heterocycles. The number of unbranched alkanes of at least 4 members (excludes halogenated alkanes) is 1. The minimum Gasteiger partial charge on any atom is -0.398 e. The van der Waals surface area contributed by atoms with Gasteiger partial charge in [0, 0.05) is 16.3 Å². The highest BCUT2D eigenvalue weighted by molar-refractivity contribution is 7.99. The third kappa shape index (κ3) is 5.27. The lowest BCUT2D eigenvalue weighted by Gasteiger charge is -2.15. The molecule has 0 aromatic heterocycles. The van der Waals surface area contributed by atoms with Gasteiger partial charge in [0.1, 0.15) is 0 Å². The lowest BCUT2D eigenvalue weighted by Crippen LogP contribution is -2.06. The highest BCUT2D eigenvalue weighted by Crippen LogP contribution is 2.35. The van der Waals surface area contributed by atoms with Crippen LogP contribution in [0.3, 0.4) is 0 Å². The van der Waals surface area contributed by atoms with Crippen LogP contribution in [0.25, 0.3) is 0 Å². The van der Waals surface area contributed by atoms with Crippen molar-refractivity contribution in [1.82, 2.24) is 0 Å². The second-order valence-corrected chi connectivity index (χ2v) is 6.04. The van der Waals surface area contributed by atoms with Gasteiger partial charge in [0.2, 0.25) is 0 Å². The molecule has 1 aromatic carbocycles. The molecule has 1 unspecified atom stereocenters. The summed E-state index contributed by atoms with van der Waals surface area (Å²) in [6.07, 6.45) is 0.295. The fourth-order valence-corrected chi connectivity index (χ4v) is 3.17. The molecule has 20 heavy (non-hydrogen) atoms. The van der Waals surface area contributed by atoms with Gasteiger partial charge < -0.3 is 5.73 Å². The van der Waals surface area contributed by atoms with Crippen LogP contribution in [-0.2, 0) is 6.18 Å². The van der Waals surface area contributed by atoms with Crippen molar-refractivity contribution in [3.63, 3.8) is 0 Å². The Bertz CT molecular complexity index is 418. The number of hydrogen-bond donors (Lipinski definition) is 1. The van der Waals surface area contributed by atoms with Gasteiger partial charge in [0.05, 0.1) is 5.56 Å². The van der Waals surface area contributed by atoms with E-state index < -0.39 is 11.7 Å². The van der Waals surface area contributed by atoms with Crippen LogP contribution in [0.1, 0.15) is 45.1 Å². The summed E-state index contributed by atoms with van der Waals surface area (Å²) in [6, 6.07) is 3.61. The van der Waals surface area contributed by atoms with Crippen LogP contribution in [0.2, 0.25) is 0 Å². The summed E-state index contributed by atoms with van der Waals surface area (Å²) in [6.45, 7) is 4.31. The van der Waals surface area contributed by atoms with Crippen molar-refractivity contribution < 1.29 is 13.2 Å². The summed E-state index contributed by atoms with van der Waals surface area (Å²) < 4.78 is 37.6. The number of thioether (sulfide) groups is 1. The number of alkyl halides is 3. The molecule has 0 aliphatic rings. The van der Waals surface area contributed by atoms with Crippen LogP contribution in [0.15, 0.2) is 23.1 Å². The second kappa shape index (κ2) is 7.81. The predicted octanol–water partition coefficient (Wildman–Crippen LogP) is 5.60. The van der Waals surface area contributed by atoms with Crippen molar-refractivity contribution in [2.45, 2.75) is 50.6 Å². The topological polar surface area (TPSA) is 26.0 Å². The molecule has 1 atom stereocenters. The number of nitrogen functional groups attached to an aromatic ring is 1. The Morgan fingerprint density at radius 3 is 2.45 bits per heavy atom. The van der Waals surface area contributed by atoms with Gasteiger partial charge in [-0.15, -0.1) is 11.8 Å². The SMILES string of the molecule is CCCCC(CC)CSc1ccc(C(F)(F)F)cc1N. The zero-order chi connectivity index (χ0) is 15.2. The molecule has 2 N–H and O–H groups in total. The molecule has 1 nitrogen and oxygen atoms in total. The minimum atomic E-state index is -4.33. The third-order valence-corrected chi connectivity index (χ3v) is 4.68. The molecule has 5 heteroatoms. The van der Waals surface area contributed by atoms with E-state index in [0.717, 1.165) is 29.2 Å². The zero-order valence-electron chi connectivity index (χ0n) is 12.0. The molecule has 1 aromatic rings. The number of rotatable bonds is 7. The van der Waals surface area contributed by atoms with Gasteiger partial charge in [0.15, 0.2) is 0 Å².